The summed E-state index contributed by atoms with van der Waals surface area (Å²) in [6.07, 6.45) is -2.55. The molecule has 1 aromatic carbocycles. The summed E-state index contributed by atoms with van der Waals surface area (Å²) in [5.41, 5.74) is -1.68. The van der Waals surface area contributed by atoms with Gasteiger partial charge in [-0.25, -0.2) is 4.98 Å². The van der Waals surface area contributed by atoms with Crippen molar-refractivity contribution in [3.8, 4) is 11.3 Å². The Labute approximate surface area is 229 Å². The number of aliphatic carboxylic acids is 1. The van der Waals surface area contributed by atoms with Crippen LogP contribution in [-0.4, -0.2) is 63.0 Å². The lowest BCUT2D eigenvalue weighted by Gasteiger charge is -2.47. The molecule has 12 heteroatoms. The quantitative estimate of drug-likeness (QED) is 0.473. The van der Waals surface area contributed by atoms with Gasteiger partial charge in [0.15, 0.2) is 5.01 Å². The summed E-state index contributed by atoms with van der Waals surface area (Å²) in [4.78, 5) is 44.4. The van der Waals surface area contributed by atoms with Gasteiger partial charge < -0.3 is 20.6 Å². The van der Waals surface area contributed by atoms with E-state index in [1.807, 2.05) is 20.8 Å². The van der Waals surface area contributed by atoms with Crippen molar-refractivity contribution in [3.63, 3.8) is 0 Å². The first-order valence-corrected chi connectivity index (χ1v) is 13.7. The SMILES string of the molecule is CC(C)(C)N[C@@H]1CC[C@H](N2CC[C@H](NC(=O)c3nc(-c4cccc(C(F)(F)F)c4)cs3)C2=O)[C@](C)(C(=O)O)C1. The predicted octanol–water partition coefficient (Wildman–Crippen LogP) is 4.56. The molecule has 0 radical (unpaired) electrons. The number of hydrogen-bond donors (Lipinski definition) is 3. The number of likely N-dealkylation sites (tertiary alicyclic amines) is 1. The lowest BCUT2D eigenvalue weighted by atomic mass is 9.68. The van der Waals surface area contributed by atoms with E-state index in [-0.39, 0.29) is 33.8 Å². The highest BCUT2D eigenvalue weighted by molar-refractivity contribution is 7.12. The molecule has 2 fully saturated rings. The third kappa shape index (κ3) is 6.27. The number of amides is 2. The van der Waals surface area contributed by atoms with Crippen molar-refractivity contribution < 1.29 is 32.7 Å². The van der Waals surface area contributed by atoms with E-state index in [1.54, 1.807) is 11.8 Å². The van der Waals surface area contributed by atoms with Crippen molar-refractivity contribution in [2.75, 3.05) is 6.54 Å². The van der Waals surface area contributed by atoms with E-state index in [1.165, 1.54) is 17.5 Å². The largest absolute Gasteiger partial charge is 0.481 e. The van der Waals surface area contributed by atoms with Crippen molar-refractivity contribution in [3.05, 3.63) is 40.2 Å². The number of rotatable bonds is 6. The van der Waals surface area contributed by atoms with E-state index in [2.05, 4.69) is 15.6 Å². The van der Waals surface area contributed by atoms with Crippen LogP contribution in [0.3, 0.4) is 0 Å². The predicted molar refractivity (Wildman–Crippen MR) is 140 cm³/mol. The minimum absolute atomic E-state index is 0.00600. The second-order valence-electron chi connectivity index (χ2n) is 11.6. The Morgan fingerprint density at radius 1 is 1.18 bits per heavy atom. The van der Waals surface area contributed by atoms with E-state index in [0.29, 0.717) is 25.8 Å². The number of thiazole rings is 1. The zero-order chi connectivity index (χ0) is 28.8. The summed E-state index contributed by atoms with van der Waals surface area (Å²) in [7, 11) is 0. The van der Waals surface area contributed by atoms with Crippen LogP contribution in [0.1, 0.15) is 68.7 Å². The molecular formula is C27H33F3N4O4S. The normalized spacial score (nSPS) is 26.1. The minimum Gasteiger partial charge on any atom is -0.481 e. The van der Waals surface area contributed by atoms with Gasteiger partial charge in [0.1, 0.15) is 6.04 Å². The van der Waals surface area contributed by atoms with Crippen LogP contribution >= 0.6 is 11.3 Å². The number of carbonyl (C=O) groups excluding carboxylic acids is 2. The maximum atomic E-state index is 13.3. The fourth-order valence-electron chi connectivity index (χ4n) is 5.62. The summed E-state index contributed by atoms with van der Waals surface area (Å²) in [6, 6.07) is 3.36. The molecule has 4 atom stereocenters. The second-order valence-corrected chi connectivity index (χ2v) is 12.4. The molecule has 2 aliphatic rings. The summed E-state index contributed by atoms with van der Waals surface area (Å²) < 4.78 is 39.2. The first-order chi connectivity index (χ1) is 18.1. The fourth-order valence-corrected chi connectivity index (χ4v) is 6.35. The molecule has 212 valence electrons. The van der Waals surface area contributed by atoms with Gasteiger partial charge in [-0.3, -0.25) is 14.4 Å². The topological polar surface area (TPSA) is 112 Å². The van der Waals surface area contributed by atoms with Crippen molar-refractivity contribution >= 4 is 29.1 Å². The van der Waals surface area contributed by atoms with E-state index in [9.17, 15) is 32.7 Å². The number of nitrogens with one attached hydrogen (secondary N) is 2. The molecule has 0 unspecified atom stereocenters. The molecule has 1 saturated carbocycles. The Bertz CT molecular complexity index is 1260. The van der Waals surface area contributed by atoms with Crippen LogP contribution in [0.4, 0.5) is 13.2 Å². The molecule has 0 bridgehead atoms. The Morgan fingerprint density at radius 2 is 1.90 bits per heavy atom. The van der Waals surface area contributed by atoms with Crippen molar-refractivity contribution in [2.24, 2.45) is 5.41 Å². The van der Waals surface area contributed by atoms with Crippen LogP contribution in [0.25, 0.3) is 11.3 Å². The highest BCUT2D eigenvalue weighted by Crippen LogP contribution is 2.41. The molecular weight excluding hydrogens is 533 g/mol. The molecule has 1 saturated heterocycles. The van der Waals surface area contributed by atoms with Gasteiger partial charge in [-0.15, -0.1) is 11.3 Å². The molecule has 4 rings (SSSR count). The molecule has 1 aliphatic heterocycles. The van der Waals surface area contributed by atoms with Crippen LogP contribution in [-0.2, 0) is 15.8 Å². The third-order valence-electron chi connectivity index (χ3n) is 7.43. The van der Waals surface area contributed by atoms with Crippen molar-refractivity contribution in [1.82, 2.24) is 20.5 Å². The van der Waals surface area contributed by atoms with Crippen LogP contribution in [0.2, 0.25) is 0 Å². The lowest BCUT2D eigenvalue weighted by Crippen LogP contribution is -2.59. The number of benzene rings is 1. The van der Waals surface area contributed by atoms with Crippen LogP contribution < -0.4 is 10.6 Å². The molecule has 8 nitrogen and oxygen atoms in total. The number of carbonyl (C=O) groups is 3. The monoisotopic (exact) mass is 566 g/mol. The second kappa shape index (κ2) is 10.5. The Morgan fingerprint density at radius 3 is 2.54 bits per heavy atom. The van der Waals surface area contributed by atoms with E-state index < -0.39 is 41.1 Å². The first-order valence-electron chi connectivity index (χ1n) is 12.8. The Hall–Kier alpha value is -2.99. The summed E-state index contributed by atoms with van der Waals surface area (Å²) in [5.74, 6) is -1.90. The smallest absolute Gasteiger partial charge is 0.416 e. The van der Waals surface area contributed by atoms with Gasteiger partial charge in [0.2, 0.25) is 5.91 Å². The third-order valence-corrected chi connectivity index (χ3v) is 8.27. The van der Waals surface area contributed by atoms with E-state index >= 15 is 0 Å². The summed E-state index contributed by atoms with van der Waals surface area (Å²) in [5, 5.41) is 17.8. The average molecular weight is 567 g/mol. The lowest BCUT2D eigenvalue weighted by molar-refractivity contribution is -0.158. The van der Waals surface area contributed by atoms with Gasteiger partial charge in [0, 0.05) is 35.1 Å². The molecule has 0 spiro atoms. The minimum atomic E-state index is -4.50. The molecule has 2 amide bonds. The first kappa shape index (κ1) is 29.0. The zero-order valence-corrected chi connectivity index (χ0v) is 23.1. The maximum Gasteiger partial charge on any atom is 0.416 e. The number of carboxylic acid groups (broad SMARTS) is 1. The van der Waals surface area contributed by atoms with E-state index in [0.717, 1.165) is 29.9 Å². The van der Waals surface area contributed by atoms with Crippen molar-refractivity contribution in [1.29, 1.82) is 0 Å². The van der Waals surface area contributed by atoms with E-state index in [4.69, 9.17) is 0 Å². The molecule has 3 N–H and O–H groups in total. The molecule has 2 aromatic rings. The van der Waals surface area contributed by atoms with Crippen LogP contribution in [0.15, 0.2) is 29.6 Å². The number of hydrogen-bond acceptors (Lipinski definition) is 6. The number of carboxylic acids is 1. The van der Waals surface area contributed by atoms with Gasteiger partial charge in [-0.2, -0.15) is 13.2 Å². The Kier molecular flexibility index (Phi) is 7.83. The standard InChI is InChI=1S/C27H33F3N4O4S/c1-25(2,3)33-17-8-9-20(26(4,13-17)24(37)38)34-11-10-18(23(34)36)31-21(35)22-32-19(14-39-22)15-6-5-7-16(12-15)27(28,29)30/h5-7,12,14,17-18,20,33H,8-11,13H2,1-4H3,(H,31,35)(H,37,38)/t17-,18+,20+,26-/m1/s1. The fraction of sp³-hybridized carbons (Fsp3) is 0.556. The van der Waals surface area contributed by atoms with Gasteiger partial charge >= 0.3 is 12.1 Å². The van der Waals surface area contributed by atoms with Gasteiger partial charge in [-0.05, 0) is 65.5 Å². The number of alkyl halides is 3. The number of halogens is 3. The summed E-state index contributed by atoms with van der Waals surface area (Å²) in [6.45, 7) is 8.08. The number of aromatic nitrogens is 1. The number of nitrogens with zero attached hydrogens (tertiary/aromatic N) is 2. The van der Waals surface area contributed by atoms with Crippen LogP contribution in [0.5, 0.6) is 0 Å². The molecule has 2 heterocycles. The molecule has 1 aliphatic carbocycles. The Balaban J connectivity index is 1.43. The maximum absolute atomic E-state index is 13.3. The van der Waals surface area contributed by atoms with Gasteiger partial charge in [-0.1, -0.05) is 12.1 Å². The summed E-state index contributed by atoms with van der Waals surface area (Å²) >= 11 is 0.974. The van der Waals surface area contributed by atoms with Gasteiger partial charge in [0.05, 0.1) is 16.7 Å². The van der Waals surface area contributed by atoms with Crippen molar-refractivity contribution in [2.45, 2.75) is 83.2 Å². The molecule has 1 aromatic heterocycles. The van der Waals surface area contributed by atoms with Gasteiger partial charge in [0.25, 0.3) is 5.91 Å². The highest BCUT2D eigenvalue weighted by Gasteiger charge is 2.52. The average Bonchev–Trinajstić information content (AvgIpc) is 3.46. The molecule has 39 heavy (non-hydrogen) atoms. The zero-order valence-electron chi connectivity index (χ0n) is 22.3. The highest BCUT2D eigenvalue weighted by atomic mass is 32.1. The van der Waals surface area contributed by atoms with Crippen LogP contribution in [0, 0.1) is 5.41 Å².